The Morgan fingerprint density at radius 3 is 2.96 bits per heavy atom. The molecule has 2 aromatic rings. The summed E-state index contributed by atoms with van der Waals surface area (Å²) in [6.07, 6.45) is 5.17. The van der Waals surface area contributed by atoms with Gasteiger partial charge in [-0.25, -0.2) is 0 Å². The van der Waals surface area contributed by atoms with Crippen LogP contribution >= 0.6 is 0 Å². The summed E-state index contributed by atoms with van der Waals surface area (Å²) in [7, 11) is 1.63. The third-order valence-electron chi connectivity index (χ3n) is 4.55. The zero-order valence-electron chi connectivity index (χ0n) is 14.7. The van der Waals surface area contributed by atoms with E-state index in [1.165, 1.54) is 0 Å². The fourth-order valence-corrected chi connectivity index (χ4v) is 3.24. The van der Waals surface area contributed by atoms with Gasteiger partial charge in [0.15, 0.2) is 0 Å². The minimum Gasteiger partial charge on any atom is -0.494 e. The van der Waals surface area contributed by atoms with Crippen LogP contribution in [0.3, 0.4) is 0 Å². The molecule has 3 rings (SSSR count). The molecule has 0 bridgehead atoms. The number of hydrogen-bond acceptors (Lipinski definition) is 4. The number of para-hydroxylation sites is 1. The SMILES string of the molecule is CNC(=O)c1ccn([C@H]2CCCN(CCCOc3ccccc3)C2)n1. The van der Waals surface area contributed by atoms with E-state index >= 15 is 0 Å². The van der Waals surface area contributed by atoms with Crippen LogP contribution in [0.2, 0.25) is 0 Å². The van der Waals surface area contributed by atoms with E-state index in [1.54, 1.807) is 13.1 Å². The molecule has 1 atom stereocenters. The van der Waals surface area contributed by atoms with Gasteiger partial charge in [0.05, 0.1) is 12.6 Å². The zero-order chi connectivity index (χ0) is 17.5. The Kier molecular flexibility index (Phi) is 6.06. The Bertz CT molecular complexity index is 671. The van der Waals surface area contributed by atoms with Crippen LogP contribution in [0, 0.1) is 0 Å². The summed E-state index contributed by atoms with van der Waals surface area (Å²) in [5.41, 5.74) is 0.482. The molecule has 25 heavy (non-hydrogen) atoms. The minimum atomic E-state index is -0.135. The van der Waals surface area contributed by atoms with Crippen molar-refractivity contribution in [1.29, 1.82) is 0 Å². The molecular weight excluding hydrogens is 316 g/mol. The molecule has 1 N–H and O–H groups in total. The molecule has 1 aromatic heterocycles. The van der Waals surface area contributed by atoms with Gasteiger partial charge in [0.25, 0.3) is 5.91 Å². The summed E-state index contributed by atoms with van der Waals surface area (Å²) in [4.78, 5) is 14.1. The van der Waals surface area contributed by atoms with Gasteiger partial charge in [0, 0.05) is 26.3 Å². The lowest BCUT2D eigenvalue weighted by Gasteiger charge is -2.32. The average Bonchev–Trinajstić information content (AvgIpc) is 3.16. The third-order valence-corrected chi connectivity index (χ3v) is 4.55. The number of likely N-dealkylation sites (tertiary alicyclic amines) is 1. The Hall–Kier alpha value is -2.34. The van der Waals surface area contributed by atoms with E-state index in [9.17, 15) is 4.79 Å². The van der Waals surface area contributed by atoms with Gasteiger partial charge in [-0.05, 0) is 44.0 Å². The number of aromatic nitrogens is 2. The van der Waals surface area contributed by atoms with E-state index in [-0.39, 0.29) is 5.91 Å². The number of nitrogens with one attached hydrogen (secondary N) is 1. The topological polar surface area (TPSA) is 59.4 Å². The van der Waals surface area contributed by atoms with Crippen molar-refractivity contribution in [2.24, 2.45) is 0 Å². The fourth-order valence-electron chi connectivity index (χ4n) is 3.24. The molecule has 6 heteroatoms. The third kappa shape index (κ3) is 4.82. The van der Waals surface area contributed by atoms with Crippen molar-refractivity contribution >= 4 is 5.91 Å². The van der Waals surface area contributed by atoms with E-state index in [1.807, 2.05) is 41.2 Å². The number of piperidine rings is 1. The Labute approximate surface area is 148 Å². The van der Waals surface area contributed by atoms with Gasteiger partial charge >= 0.3 is 0 Å². The van der Waals surface area contributed by atoms with Gasteiger partial charge in [-0.1, -0.05) is 18.2 Å². The lowest BCUT2D eigenvalue weighted by molar-refractivity contribution is 0.0955. The molecule has 1 fully saturated rings. The van der Waals surface area contributed by atoms with Crippen LogP contribution in [0.25, 0.3) is 0 Å². The molecule has 0 radical (unpaired) electrons. The van der Waals surface area contributed by atoms with Crippen molar-refractivity contribution < 1.29 is 9.53 Å². The number of carbonyl (C=O) groups excluding carboxylic acids is 1. The number of amides is 1. The highest BCUT2D eigenvalue weighted by molar-refractivity contribution is 5.91. The fraction of sp³-hybridized carbons (Fsp3) is 0.474. The van der Waals surface area contributed by atoms with Crippen LogP contribution in [0.15, 0.2) is 42.6 Å². The maximum absolute atomic E-state index is 11.7. The van der Waals surface area contributed by atoms with E-state index < -0.39 is 0 Å². The van der Waals surface area contributed by atoms with Crippen LogP contribution < -0.4 is 10.1 Å². The normalized spacial score (nSPS) is 18.0. The summed E-state index contributed by atoms with van der Waals surface area (Å²) >= 11 is 0. The Morgan fingerprint density at radius 2 is 2.16 bits per heavy atom. The quantitative estimate of drug-likeness (QED) is 0.785. The van der Waals surface area contributed by atoms with Crippen molar-refractivity contribution in [2.45, 2.75) is 25.3 Å². The molecule has 1 aliphatic rings. The van der Waals surface area contributed by atoms with E-state index in [2.05, 4.69) is 15.3 Å². The van der Waals surface area contributed by atoms with Gasteiger partial charge in [-0.3, -0.25) is 9.48 Å². The molecule has 0 spiro atoms. The number of benzene rings is 1. The first-order valence-electron chi connectivity index (χ1n) is 8.93. The van der Waals surface area contributed by atoms with Gasteiger partial charge in [-0.2, -0.15) is 5.10 Å². The van der Waals surface area contributed by atoms with E-state index in [0.717, 1.165) is 51.3 Å². The smallest absolute Gasteiger partial charge is 0.271 e. The number of hydrogen-bond donors (Lipinski definition) is 1. The first kappa shape index (κ1) is 17.5. The van der Waals surface area contributed by atoms with Gasteiger partial charge in [0.1, 0.15) is 11.4 Å². The maximum atomic E-state index is 11.7. The van der Waals surface area contributed by atoms with Crippen molar-refractivity contribution in [2.75, 3.05) is 33.3 Å². The summed E-state index contributed by atoms with van der Waals surface area (Å²) < 4.78 is 7.70. The molecule has 0 saturated carbocycles. The molecule has 0 aliphatic carbocycles. The molecule has 6 nitrogen and oxygen atoms in total. The lowest BCUT2D eigenvalue weighted by atomic mass is 10.1. The highest BCUT2D eigenvalue weighted by atomic mass is 16.5. The summed E-state index contributed by atoms with van der Waals surface area (Å²) in [5.74, 6) is 0.793. The van der Waals surface area contributed by atoms with Crippen LogP contribution in [0.1, 0.15) is 35.8 Å². The molecule has 2 heterocycles. The molecule has 1 saturated heterocycles. The highest BCUT2D eigenvalue weighted by Crippen LogP contribution is 2.21. The van der Waals surface area contributed by atoms with Crippen LogP contribution in [0.5, 0.6) is 5.75 Å². The summed E-state index contributed by atoms with van der Waals surface area (Å²) in [6.45, 7) is 3.84. The number of nitrogens with zero attached hydrogens (tertiary/aromatic N) is 3. The highest BCUT2D eigenvalue weighted by Gasteiger charge is 2.22. The second-order valence-electron chi connectivity index (χ2n) is 6.37. The molecule has 134 valence electrons. The number of ether oxygens (including phenoxy) is 1. The van der Waals surface area contributed by atoms with Crippen LogP contribution in [-0.2, 0) is 0 Å². The Morgan fingerprint density at radius 1 is 1.32 bits per heavy atom. The maximum Gasteiger partial charge on any atom is 0.271 e. The second kappa shape index (κ2) is 8.67. The van der Waals surface area contributed by atoms with Gasteiger partial charge in [-0.15, -0.1) is 0 Å². The standard InChI is InChI=1S/C19H26N4O2/c1-20-19(24)18-10-13-23(21-18)16-7-5-11-22(15-16)12-6-14-25-17-8-3-2-4-9-17/h2-4,8-10,13,16H,5-7,11-12,14-15H2,1H3,(H,20,24)/t16-/m0/s1. The number of rotatable bonds is 7. The predicted molar refractivity (Wildman–Crippen MR) is 96.9 cm³/mol. The molecule has 0 unspecified atom stereocenters. The molecular formula is C19H26N4O2. The number of carbonyl (C=O) groups is 1. The second-order valence-corrected chi connectivity index (χ2v) is 6.37. The van der Waals surface area contributed by atoms with Crippen molar-refractivity contribution in [3.8, 4) is 5.75 Å². The van der Waals surface area contributed by atoms with E-state index in [0.29, 0.717) is 11.7 Å². The monoisotopic (exact) mass is 342 g/mol. The summed E-state index contributed by atoms with van der Waals surface area (Å²) in [5, 5.41) is 7.04. The zero-order valence-corrected chi connectivity index (χ0v) is 14.7. The Balaban J connectivity index is 1.45. The van der Waals surface area contributed by atoms with Crippen LogP contribution in [0.4, 0.5) is 0 Å². The first-order chi connectivity index (χ1) is 12.3. The average molecular weight is 342 g/mol. The lowest BCUT2D eigenvalue weighted by Crippen LogP contribution is -2.37. The predicted octanol–water partition coefficient (Wildman–Crippen LogP) is 2.35. The molecule has 1 aromatic carbocycles. The van der Waals surface area contributed by atoms with Gasteiger partial charge < -0.3 is 15.0 Å². The summed E-state index contributed by atoms with van der Waals surface area (Å²) in [6, 6.07) is 12.1. The largest absolute Gasteiger partial charge is 0.494 e. The van der Waals surface area contributed by atoms with Crippen LogP contribution in [-0.4, -0.2) is 53.9 Å². The van der Waals surface area contributed by atoms with Crippen molar-refractivity contribution in [3.05, 3.63) is 48.3 Å². The van der Waals surface area contributed by atoms with E-state index in [4.69, 9.17) is 4.74 Å². The first-order valence-corrected chi connectivity index (χ1v) is 8.93. The van der Waals surface area contributed by atoms with Crippen molar-refractivity contribution in [3.63, 3.8) is 0 Å². The minimum absolute atomic E-state index is 0.135. The molecule has 1 aliphatic heterocycles. The molecule has 1 amide bonds. The van der Waals surface area contributed by atoms with Gasteiger partial charge in [0.2, 0.25) is 0 Å². The van der Waals surface area contributed by atoms with Crippen molar-refractivity contribution in [1.82, 2.24) is 20.0 Å².